The van der Waals surface area contributed by atoms with Crippen molar-refractivity contribution >= 4 is 34.9 Å². The fourth-order valence-electron chi connectivity index (χ4n) is 2.09. The molecule has 1 aromatic heterocycles. The Hall–Kier alpha value is -2.41. The number of carboxylic acid groups (broad SMARTS) is 1. The van der Waals surface area contributed by atoms with Gasteiger partial charge in [0, 0.05) is 18.7 Å². The Kier molecular flexibility index (Phi) is 9.12. The summed E-state index contributed by atoms with van der Waals surface area (Å²) in [4.78, 5) is 31.4. The van der Waals surface area contributed by atoms with E-state index in [0.29, 0.717) is 5.69 Å². The summed E-state index contributed by atoms with van der Waals surface area (Å²) < 4.78 is 37.7. The lowest BCUT2D eigenvalue weighted by atomic mass is 10.1. The molecular formula is C15H19F3N4O5S. The van der Waals surface area contributed by atoms with Gasteiger partial charge < -0.3 is 15.2 Å². The van der Waals surface area contributed by atoms with Crippen molar-refractivity contribution in [2.45, 2.75) is 31.3 Å². The molecule has 2 N–H and O–H groups in total. The van der Waals surface area contributed by atoms with Crippen LogP contribution in [0, 0.1) is 0 Å². The molecule has 0 amide bonds. The van der Waals surface area contributed by atoms with Crippen molar-refractivity contribution < 1.29 is 37.4 Å². The molecule has 0 aromatic carbocycles. The summed E-state index contributed by atoms with van der Waals surface area (Å²) in [5.41, 5.74) is 1.79. The summed E-state index contributed by atoms with van der Waals surface area (Å²) in [6.07, 6.45) is -0.562. The number of nitrogens with zero attached hydrogens (tertiary/aromatic N) is 3. The number of esters is 1. The molecule has 1 aliphatic rings. The number of carbonyl (C=O) groups is 3. The van der Waals surface area contributed by atoms with Gasteiger partial charge in [-0.2, -0.15) is 13.2 Å². The molecule has 1 atom stereocenters. The standard InChI is InChI=1S/C13H18N4O3S.C2HF3O2/c1-9(18)21-12-3-4-14-6-10(12)5-11-7-17(16-15-11)8-13(19)20-2;3-2(4,5)1(6)7/h5,7,12,14H,3-4,6,8H2,1-2H3;(H,6,7). The number of hydrogen-bond acceptors (Lipinski definition) is 8. The van der Waals surface area contributed by atoms with Crippen LogP contribution >= 0.6 is 11.8 Å². The molecule has 0 aliphatic carbocycles. The molecule has 9 nitrogen and oxygen atoms in total. The minimum Gasteiger partial charge on any atom is -0.475 e. The Morgan fingerprint density at radius 3 is 2.64 bits per heavy atom. The third-order valence-corrected chi connectivity index (χ3v) is 4.44. The molecule has 0 radical (unpaired) electrons. The Labute approximate surface area is 162 Å². The van der Waals surface area contributed by atoms with Gasteiger partial charge in [-0.15, -0.1) is 5.10 Å². The van der Waals surface area contributed by atoms with Crippen LogP contribution in [0.2, 0.25) is 0 Å². The molecule has 1 fully saturated rings. The topological polar surface area (TPSA) is 123 Å². The normalized spacial score (nSPS) is 18.2. The van der Waals surface area contributed by atoms with Gasteiger partial charge in [0.1, 0.15) is 12.2 Å². The number of piperidine rings is 1. The van der Waals surface area contributed by atoms with Gasteiger partial charge in [-0.1, -0.05) is 17.0 Å². The summed E-state index contributed by atoms with van der Waals surface area (Å²) in [6.45, 7) is 3.25. The molecule has 1 saturated heterocycles. The van der Waals surface area contributed by atoms with Gasteiger partial charge in [0.25, 0.3) is 0 Å². The molecule has 28 heavy (non-hydrogen) atoms. The zero-order valence-corrected chi connectivity index (χ0v) is 15.8. The average Bonchev–Trinajstić information content (AvgIpc) is 3.02. The Morgan fingerprint density at radius 2 is 2.11 bits per heavy atom. The average molecular weight is 424 g/mol. The van der Waals surface area contributed by atoms with Crippen LogP contribution in [0.25, 0.3) is 6.08 Å². The number of aromatic nitrogens is 3. The highest BCUT2D eigenvalue weighted by molar-refractivity contribution is 8.14. The SMILES string of the molecule is COC(=O)Cn1cc(C=C2CNCCC2SC(C)=O)nn1.O=C(O)C(F)(F)F. The van der Waals surface area contributed by atoms with Gasteiger partial charge in [0.2, 0.25) is 0 Å². The van der Waals surface area contributed by atoms with Crippen LogP contribution in [-0.2, 0) is 25.7 Å². The van der Waals surface area contributed by atoms with Crippen LogP contribution < -0.4 is 5.32 Å². The predicted molar refractivity (Wildman–Crippen MR) is 93.3 cm³/mol. The van der Waals surface area contributed by atoms with Crippen LogP contribution in [0.5, 0.6) is 0 Å². The quantitative estimate of drug-likeness (QED) is 0.684. The van der Waals surface area contributed by atoms with Crippen LogP contribution in [0.1, 0.15) is 19.0 Å². The first-order valence-electron chi connectivity index (χ1n) is 7.88. The second-order valence-corrected chi connectivity index (χ2v) is 6.88. The Balaban J connectivity index is 0.000000480. The summed E-state index contributed by atoms with van der Waals surface area (Å²) in [5, 5.41) is 18.6. The number of carboxylic acids is 1. The van der Waals surface area contributed by atoms with E-state index in [1.54, 1.807) is 13.1 Å². The Bertz CT molecular complexity index is 736. The number of ether oxygens (including phenoxy) is 1. The summed E-state index contributed by atoms with van der Waals surface area (Å²) >= 11 is 1.35. The zero-order valence-electron chi connectivity index (χ0n) is 15.0. The van der Waals surface area contributed by atoms with Crippen molar-refractivity contribution in [1.29, 1.82) is 0 Å². The van der Waals surface area contributed by atoms with Gasteiger partial charge in [0.05, 0.1) is 13.3 Å². The first kappa shape index (κ1) is 23.6. The van der Waals surface area contributed by atoms with Gasteiger partial charge >= 0.3 is 18.1 Å². The van der Waals surface area contributed by atoms with E-state index in [9.17, 15) is 22.8 Å². The van der Waals surface area contributed by atoms with E-state index >= 15 is 0 Å². The molecule has 0 saturated carbocycles. The Morgan fingerprint density at radius 1 is 1.46 bits per heavy atom. The van der Waals surface area contributed by atoms with Crippen molar-refractivity contribution in [2.24, 2.45) is 0 Å². The fraction of sp³-hybridized carbons (Fsp3) is 0.533. The monoisotopic (exact) mass is 424 g/mol. The number of halogens is 3. The molecule has 13 heteroatoms. The van der Waals surface area contributed by atoms with E-state index < -0.39 is 12.1 Å². The lowest BCUT2D eigenvalue weighted by molar-refractivity contribution is -0.192. The molecule has 0 spiro atoms. The van der Waals surface area contributed by atoms with Crippen molar-refractivity contribution in [3.8, 4) is 0 Å². The first-order valence-corrected chi connectivity index (χ1v) is 8.76. The predicted octanol–water partition coefficient (Wildman–Crippen LogP) is 1.11. The third kappa shape index (κ3) is 8.52. The van der Waals surface area contributed by atoms with Crippen LogP contribution in [-0.4, -0.2) is 68.8 Å². The highest BCUT2D eigenvalue weighted by Crippen LogP contribution is 2.26. The summed E-state index contributed by atoms with van der Waals surface area (Å²) in [6, 6.07) is 0. The van der Waals surface area contributed by atoms with Gasteiger partial charge in [-0.05, 0) is 24.6 Å². The van der Waals surface area contributed by atoms with Crippen LogP contribution in [0.15, 0.2) is 11.8 Å². The third-order valence-electron chi connectivity index (χ3n) is 3.29. The summed E-state index contributed by atoms with van der Waals surface area (Å²) in [7, 11) is 1.33. The number of nitrogens with one attached hydrogen (secondary N) is 1. The van der Waals surface area contributed by atoms with Gasteiger partial charge in [-0.3, -0.25) is 9.59 Å². The minimum absolute atomic E-state index is 0.0382. The molecular weight excluding hydrogens is 405 g/mol. The molecule has 1 unspecified atom stereocenters. The highest BCUT2D eigenvalue weighted by atomic mass is 32.2. The maximum Gasteiger partial charge on any atom is 0.490 e. The molecule has 2 heterocycles. The smallest absolute Gasteiger partial charge is 0.475 e. The lowest BCUT2D eigenvalue weighted by Gasteiger charge is -2.24. The van der Waals surface area contributed by atoms with E-state index in [1.807, 2.05) is 6.08 Å². The van der Waals surface area contributed by atoms with E-state index in [0.717, 1.165) is 25.1 Å². The molecule has 2 rings (SSSR count). The summed E-state index contributed by atoms with van der Waals surface area (Å²) in [5.74, 6) is -3.13. The van der Waals surface area contributed by atoms with E-state index in [-0.39, 0.29) is 22.9 Å². The second-order valence-electron chi connectivity index (χ2n) is 5.50. The number of thioether (sulfide) groups is 1. The maximum absolute atomic E-state index is 11.3. The number of aliphatic carboxylic acids is 1. The molecule has 156 valence electrons. The van der Waals surface area contributed by atoms with E-state index in [2.05, 4.69) is 20.4 Å². The lowest BCUT2D eigenvalue weighted by Crippen LogP contribution is -2.32. The molecule has 1 aromatic rings. The zero-order chi connectivity index (χ0) is 21.3. The number of alkyl halides is 3. The van der Waals surface area contributed by atoms with E-state index in [1.165, 1.54) is 23.6 Å². The van der Waals surface area contributed by atoms with Crippen molar-refractivity contribution in [3.63, 3.8) is 0 Å². The van der Waals surface area contributed by atoms with Crippen molar-refractivity contribution in [1.82, 2.24) is 20.3 Å². The highest BCUT2D eigenvalue weighted by Gasteiger charge is 2.38. The number of carbonyl (C=O) groups excluding carboxylic acids is 2. The van der Waals surface area contributed by atoms with Crippen molar-refractivity contribution in [3.05, 3.63) is 17.5 Å². The maximum atomic E-state index is 11.3. The van der Waals surface area contributed by atoms with Crippen LogP contribution in [0.3, 0.4) is 0 Å². The minimum atomic E-state index is -5.08. The first-order chi connectivity index (χ1) is 13.0. The van der Waals surface area contributed by atoms with E-state index in [4.69, 9.17) is 9.90 Å². The van der Waals surface area contributed by atoms with Crippen LogP contribution in [0.4, 0.5) is 13.2 Å². The second kappa shape index (κ2) is 10.8. The molecule has 0 bridgehead atoms. The number of hydrogen-bond donors (Lipinski definition) is 2. The number of methoxy groups -OCH3 is 1. The largest absolute Gasteiger partial charge is 0.490 e. The van der Waals surface area contributed by atoms with Gasteiger partial charge in [0.15, 0.2) is 5.12 Å². The molecule has 1 aliphatic heterocycles. The van der Waals surface area contributed by atoms with Gasteiger partial charge in [-0.25, -0.2) is 9.48 Å². The van der Waals surface area contributed by atoms with Crippen molar-refractivity contribution in [2.75, 3.05) is 20.2 Å². The fourth-order valence-corrected chi connectivity index (χ4v) is 3.03. The number of rotatable bonds is 4.